The van der Waals surface area contributed by atoms with Gasteiger partial charge in [-0.2, -0.15) is 0 Å². The Kier molecular flexibility index (Phi) is 1.74. The van der Waals surface area contributed by atoms with Crippen molar-refractivity contribution in [2.75, 3.05) is 0 Å². The van der Waals surface area contributed by atoms with E-state index in [1.54, 1.807) is 16.7 Å². The third kappa shape index (κ3) is 1.09. The minimum atomic E-state index is -0.00931. The number of aryl methyl sites for hydroxylation is 1. The third-order valence-electron chi connectivity index (χ3n) is 2.30. The second kappa shape index (κ2) is 2.78. The Morgan fingerprint density at radius 1 is 1.38 bits per heavy atom. The molecule has 68 valence electrons. The molecule has 3 nitrogen and oxygen atoms in total. The molecular formula is C10H11NO2. The predicted octanol–water partition coefficient (Wildman–Crippen LogP) is 1.38. The average Bonchev–Trinajstić information content (AvgIpc) is 2.44. The molecule has 1 aromatic heterocycles. The van der Waals surface area contributed by atoms with Crippen LogP contribution >= 0.6 is 0 Å². The number of hydrogen-bond donors (Lipinski definition) is 2. The van der Waals surface area contributed by atoms with Crippen molar-refractivity contribution in [1.29, 1.82) is 0 Å². The Balaban J connectivity index is 2.85. The zero-order chi connectivity index (χ0) is 9.42. The lowest BCUT2D eigenvalue weighted by Gasteiger charge is -2.01. The summed E-state index contributed by atoms with van der Waals surface area (Å²) < 4.78 is 1.80. The number of aliphatic hydroxyl groups is 1. The lowest BCUT2D eigenvalue weighted by molar-refractivity contribution is 0.273. The highest BCUT2D eigenvalue weighted by Gasteiger charge is 2.07. The molecular weight excluding hydrogens is 166 g/mol. The minimum Gasteiger partial charge on any atom is -0.506 e. The second-order valence-corrected chi connectivity index (χ2v) is 3.07. The van der Waals surface area contributed by atoms with Gasteiger partial charge in [0.1, 0.15) is 5.75 Å². The van der Waals surface area contributed by atoms with E-state index in [-0.39, 0.29) is 12.4 Å². The summed E-state index contributed by atoms with van der Waals surface area (Å²) in [5, 5.41) is 19.5. The van der Waals surface area contributed by atoms with Gasteiger partial charge in [0.05, 0.1) is 12.1 Å². The van der Waals surface area contributed by atoms with Gasteiger partial charge in [-0.15, -0.1) is 0 Å². The molecule has 0 bridgehead atoms. The molecule has 2 aromatic rings. The summed E-state index contributed by atoms with van der Waals surface area (Å²) in [6.45, 7) is -0.00931. The molecule has 0 atom stereocenters. The summed E-state index contributed by atoms with van der Waals surface area (Å²) in [6.07, 6.45) is 0. The van der Waals surface area contributed by atoms with Gasteiger partial charge in [0.25, 0.3) is 0 Å². The van der Waals surface area contributed by atoms with Crippen molar-refractivity contribution in [2.45, 2.75) is 6.61 Å². The maximum atomic E-state index is 9.56. The normalized spacial score (nSPS) is 10.9. The molecule has 0 saturated heterocycles. The maximum Gasteiger partial charge on any atom is 0.139 e. The van der Waals surface area contributed by atoms with Crippen LogP contribution in [0.4, 0.5) is 0 Å². The van der Waals surface area contributed by atoms with Crippen LogP contribution in [0.3, 0.4) is 0 Å². The van der Waals surface area contributed by atoms with E-state index < -0.39 is 0 Å². The summed E-state index contributed by atoms with van der Waals surface area (Å²) in [6, 6.07) is 7.21. The fraction of sp³-hybridized carbons (Fsp3) is 0.200. The molecule has 2 rings (SSSR count). The summed E-state index contributed by atoms with van der Waals surface area (Å²) in [4.78, 5) is 0. The molecule has 1 heterocycles. The van der Waals surface area contributed by atoms with Gasteiger partial charge in [0.2, 0.25) is 0 Å². The molecule has 0 aliphatic rings. The monoisotopic (exact) mass is 177 g/mol. The van der Waals surface area contributed by atoms with Crippen LogP contribution in [-0.4, -0.2) is 14.8 Å². The molecule has 0 saturated carbocycles. The van der Waals surface area contributed by atoms with Crippen molar-refractivity contribution < 1.29 is 10.2 Å². The lowest BCUT2D eigenvalue weighted by Crippen LogP contribution is -1.94. The molecule has 1 aromatic carbocycles. The zero-order valence-electron chi connectivity index (χ0n) is 7.36. The van der Waals surface area contributed by atoms with E-state index in [4.69, 9.17) is 5.11 Å². The van der Waals surface area contributed by atoms with Gasteiger partial charge in [-0.05, 0) is 12.1 Å². The van der Waals surface area contributed by atoms with Crippen LogP contribution in [0.15, 0.2) is 24.3 Å². The smallest absolute Gasteiger partial charge is 0.139 e. The van der Waals surface area contributed by atoms with Crippen LogP contribution in [0.25, 0.3) is 10.9 Å². The molecule has 3 heteroatoms. The van der Waals surface area contributed by atoms with E-state index in [1.165, 1.54) is 0 Å². The number of phenolic OH excluding ortho intramolecular Hbond substituents is 1. The van der Waals surface area contributed by atoms with Crippen molar-refractivity contribution in [2.24, 2.45) is 7.05 Å². The summed E-state index contributed by atoms with van der Waals surface area (Å²) in [5.74, 6) is 0.250. The van der Waals surface area contributed by atoms with E-state index in [0.29, 0.717) is 0 Å². The van der Waals surface area contributed by atoms with Crippen molar-refractivity contribution in [3.8, 4) is 5.75 Å². The highest BCUT2D eigenvalue weighted by Crippen LogP contribution is 2.26. The zero-order valence-corrected chi connectivity index (χ0v) is 7.36. The van der Waals surface area contributed by atoms with Gasteiger partial charge in [-0.1, -0.05) is 12.1 Å². The van der Waals surface area contributed by atoms with Crippen LogP contribution in [0.5, 0.6) is 5.75 Å². The van der Waals surface area contributed by atoms with Crippen molar-refractivity contribution in [3.05, 3.63) is 30.0 Å². The van der Waals surface area contributed by atoms with Crippen LogP contribution in [-0.2, 0) is 13.7 Å². The molecule has 13 heavy (non-hydrogen) atoms. The number of nitrogens with zero attached hydrogens (tertiary/aromatic N) is 1. The number of aliphatic hydroxyl groups excluding tert-OH is 1. The van der Waals surface area contributed by atoms with Gasteiger partial charge in [-0.25, -0.2) is 0 Å². The number of aromatic hydroxyl groups is 1. The van der Waals surface area contributed by atoms with E-state index in [2.05, 4.69) is 0 Å². The molecule has 0 radical (unpaired) electrons. The van der Waals surface area contributed by atoms with Gasteiger partial charge in [0, 0.05) is 18.1 Å². The summed E-state index contributed by atoms with van der Waals surface area (Å²) in [7, 11) is 1.83. The fourth-order valence-corrected chi connectivity index (χ4v) is 1.60. The average molecular weight is 177 g/mol. The van der Waals surface area contributed by atoms with Crippen LogP contribution in [0.1, 0.15) is 5.69 Å². The van der Waals surface area contributed by atoms with Crippen molar-refractivity contribution >= 4 is 10.9 Å². The maximum absolute atomic E-state index is 9.56. The van der Waals surface area contributed by atoms with E-state index in [9.17, 15) is 5.11 Å². The Bertz CT molecular complexity index is 445. The highest BCUT2D eigenvalue weighted by molar-refractivity contribution is 5.86. The number of aromatic nitrogens is 1. The standard InChI is InChI=1S/C10H11NO2/c1-11-8(6-12)5-7-3-2-4-9(13)10(7)11/h2-5,12-13H,6H2,1H3. The fourth-order valence-electron chi connectivity index (χ4n) is 1.60. The quantitative estimate of drug-likeness (QED) is 0.691. The third-order valence-corrected chi connectivity index (χ3v) is 2.30. The number of rotatable bonds is 1. The Morgan fingerprint density at radius 3 is 2.77 bits per heavy atom. The largest absolute Gasteiger partial charge is 0.506 e. The van der Waals surface area contributed by atoms with Crippen LogP contribution in [0, 0.1) is 0 Å². The lowest BCUT2D eigenvalue weighted by atomic mass is 10.2. The molecule has 0 amide bonds. The number of hydrogen-bond acceptors (Lipinski definition) is 2. The Hall–Kier alpha value is -1.48. The first kappa shape index (κ1) is 8.13. The number of phenols is 1. The molecule has 0 aliphatic carbocycles. The molecule has 0 fully saturated rings. The van der Waals surface area contributed by atoms with Crippen molar-refractivity contribution in [3.63, 3.8) is 0 Å². The SMILES string of the molecule is Cn1c(CO)cc2cccc(O)c21. The van der Waals surface area contributed by atoms with E-state index in [1.807, 2.05) is 19.2 Å². The number of benzene rings is 1. The summed E-state index contributed by atoms with van der Waals surface area (Å²) in [5.41, 5.74) is 1.57. The Labute approximate surface area is 75.9 Å². The molecule has 0 unspecified atom stereocenters. The molecule has 0 spiro atoms. The van der Waals surface area contributed by atoms with E-state index >= 15 is 0 Å². The van der Waals surface area contributed by atoms with Crippen LogP contribution in [0.2, 0.25) is 0 Å². The molecule has 0 aliphatic heterocycles. The van der Waals surface area contributed by atoms with Gasteiger partial charge in [0.15, 0.2) is 0 Å². The van der Waals surface area contributed by atoms with E-state index in [0.717, 1.165) is 16.6 Å². The molecule has 2 N–H and O–H groups in total. The first-order valence-electron chi connectivity index (χ1n) is 4.11. The number of fused-ring (bicyclic) bond motifs is 1. The Morgan fingerprint density at radius 2 is 2.15 bits per heavy atom. The van der Waals surface area contributed by atoms with Crippen molar-refractivity contribution in [1.82, 2.24) is 4.57 Å². The number of para-hydroxylation sites is 1. The predicted molar refractivity (Wildman–Crippen MR) is 50.5 cm³/mol. The first-order chi connectivity index (χ1) is 6.24. The van der Waals surface area contributed by atoms with Crippen LogP contribution < -0.4 is 0 Å². The van der Waals surface area contributed by atoms with Gasteiger partial charge < -0.3 is 14.8 Å². The van der Waals surface area contributed by atoms with Gasteiger partial charge in [-0.3, -0.25) is 0 Å². The second-order valence-electron chi connectivity index (χ2n) is 3.07. The highest BCUT2D eigenvalue weighted by atomic mass is 16.3. The van der Waals surface area contributed by atoms with Gasteiger partial charge >= 0.3 is 0 Å². The topological polar surface area (TPSA) is 45.4 Å². The summed E-state index contributed by atoms with van der Waals surface area (Å²) >= 11 is 0. The minimum absolute atomic E-state index is 0.00931. The first-order valence-corrected chi connectivity index (χ1v) is 4.11.